The molecule has 2 amide bonds. The molecule has 0 aliphatic heterocycles. The Hall–Kier alpha value is -2.95. The first-order valence-electron chi connectivity index (χ1n) is 8.46. The van der Waals surface area contributed by atoms with Gasteiger partial charge in [0.05, 0.1) is 0 Å². The molecule has 0 aromatic heterocycles. The number of anilines is 1. The van der Waals surface area contributed by atoms with Gasteiger partial charge in [0, 0.05) is 17.8 Å². The third-order valence-corrected chi connectivity index (χ3v) is 4.20. The maximum absolute atomic E-state index is 12.6. The zero-order chi connectivity index (χ0) is 19.3. The Labute approximate surface area is 153 Å². The van der Waals surface area contributed by atoms with Crippen molar-refractivity contribution in [2.45, 2.75) is 34.2 Å². The van der Waals surface area contributed by atoms with Gasteiger partial charge in [-0.15, -0.1) is 0 Å². The summed E-state index contributed by atoms with van der Waals surface area (Å²) in [5.41, 5.74) is 1.82. The van der Waals surface area contributed by atoms with Gasteiger partial charge >= 0.3 is 0 Å². The van der Waals surface area contributed by atoms with Gasteiger partial charge in [0.15, 0.2) is 5.78 Å². The quantitative estimate of drug-likeness (QED) is 0.617. The predicted octanol–water partition coefficient (Wildman–Crippen LogP) is 3.48. The van der Waals surface area contributed by atoms with Crippen molar-refractivity contribution in [3.63, 3.8) is 0 Å². The summed E-state index contributed by atoms with van der Waals surface area (Å²) < 4.78 is 0. The molecule has 0 spiro atoms. The van der Waals surface area contributed by atoms with Gasteiger partial charge in [-0.25, -0.2) is 0 Å². The van der Waals surface area contributed by atoms with Crippen molar-refractivity contribution < 1.29 is 14.4 Å². The molecule has 2 rings (SSSR count). The first-order valence-corrected chi connectivity index (χ1v) is 8.46. The molecular formula is C21H24N2O3. The molecule has 2 aromatic rings. The molecular weight excluding hydrogens is 328 g/mol. The number of benzene rings is 2. The lowest BCUT2D eigenvalue weighted by Gasteiger charge is -2.23. The van der Waals surface area contributed by atoms with Gasteiger partial charge in [0.2, 0.25) is 11.8 Å². The molecule has 26 heavy (non-hydrogen) atoms. The lowest BCUT2D eigenvalue weighted by atomic mass is 9.90. The molecule has 5 nitrogen and oxygen atoms in total. The number of nitrogens with one attached hydrogen (secondary N) is 2. The van der Waals surface area contributed by atoms with Crippen LogP contribution >= 0.6 is 0 Å². The molecule has 0 bridgehead atoms. The van der Waals surface area contributed by atoms with Crippen molar-refractivity contribution in [2.75, 3.05) is 5.32 Å². The lowest BCUT2D eigenvalue weighted by molar-refractivity contribution is -0.138. The molecule has 0 atom stereocenters. The molecule has 2 aromatic carbocycles. The number of ketones is 1. The average Bonchev–Trinajstić information content (AvgIpc) is 2.59. The fraction of sp³-hybridized carbons (Fsp3) is 0.286. The van der Waals surface area contributed by atoms with Crippen molar-refractivity contribution in [1.82, 2.24) is 5.32 Å². The molecule has 0 radical (unpaired) electrons. The number of Topliss-reactive ketones (excluding diaryl/α,β-unsaturated/α-hetero) is 1. The van der Waals surface area contributed by atoms with Gasteiger partial charge < -0.3 is 10.6 Å². The van der Waals surface area contributed by atoms with E-state index >= 15 is 0 Å². The minimum absolute atomic E-state index is 0.0868. The van der Waals surface area contributed by atoms with E-state index in [0.717, 1.165) is 11.1 Å². The third-order valence-electron chi connectivity index (χ3n) is 4.20. The molecule has 0 saturated carbocycles. The predicted molar refractivity (Wildman–Crippen MR) is 102 cm³/mol. The zero-order valence-electron chi connectivity index (χ0n) is 15.6. The molecule has 0 saturated heterocycles. The van der Waals surface area contributed by atoms with Gasteiger partial charge in [-0.2, -0.15) is 0 Å². The average molecular weight is 352 g/mol. The molecule has 0 heterocycles. The summed E-state index contributed by atoms with van der Waals surface area (Å²) in [6.45, 7) is 6.95. The number of hydrogen-bond donors (Lipinski definition) is 2. The fourth-order valence-electron chi connectivity index (χ4n) is 2.43. The molecule has 0 unspecified atom stereocenters. The zero-order valence-corrected chi connectivity index (χ0v) is 15.6. The number of aryl methyl sites for hydroxylation is 1. The monoisotopic (exact) mass is 352 g/mol. The highest BCUT2D eigenvalue weighted by atomic mass is 16.2. The van der Waals surface area contributed by atoms with Crippen LogP contribution in [0, 0.1) is 12.3 Å². The van der Waals surface area contributed by atoms with Crippen molar-refractivity contribution in [1.29, 1.82) is 0 Å². The maximum Gasteiger partial charge on any atom is 0.239 e. The summed E-state index contributed by atoms with van der Waals surface area (Å²) in [6, 6.07) is 14.5. The number of hydrogen-bond acceptors (Lipinski definition) is 3. The largest absolute Gasteiger partial charge is 0.351 e. The number of rotatable bonds is 6. The Morgan fingerprint density at radius 1 is 0.962 bits per heavy atom. The van der Waals surface area contributed by atoms with Crippen LogP contribution in [-0.2, 0) is 16.1 Å². The van der Waals surface area contributed by atoms with E-state index in [1.54, 1.807) is 38.1 Å². The van der Waals surface area contributed by atoms with Crippen molar-refractivity contribution in [3.8, 4) is 0 Å². The van der Waals surface area contributed by atoms with E-state index in [4.69, 9.17) is 0 Å². The summed E-state index contributed by atoms with van der Waals surface area (Å²) in [5.74, 6) is -0.879. The first-order chi connectivity index (χ1) is 12.2. The molecule has 0 aliphatic rings. The third kappa shape index (κ3) is 4.79. The SMILES string of the molecule is CC(=O)c1cccc(NC(=O)C(C)(C)C(=O)NCc2cccc(C)c2)c1. The fourth-order valence-corrected chi connectivity index (χ4v) is 2.43. The van der Waals surface area contributed by atoms with E-state index in [1.807, 2.05) is 31.2 Å². The Morgan fingerprint density at radius 2 is 1.65 bits per heavy atom. The number of carbonyl (C=O) groups excluding carboxylic acids is 3. The molecule has 0 aliphatic carbocycles. The number of carbonyl (C=O) groups is 3. The smallest absolute Gasteiger partial charge is 0.239 e. The Morgan fingerprint density at radius 3 is 2.31 bits per heavy atom. The van der Waals surface area contributed by atoms with E-state index in [-0.39, 0.29) is 11.7 Å². The summed E-state index contributed by atoms with van der Waals surface area (Å²) in [4.78, 5) is 36.5. The highest BCUT2D eigenvalue weighted by molar-refractivity contribution is 6.10. The van der Waals surface area contributed by atoms with Crippen LogP contribution in [0.5, 0.6) is 0 Å². The van der Waals surface area contributed by atoms with Gasteiger partial charge in [0.1, 0.15) is 5.41 Å². The first kappa shape index (κ1) is 19.4. The standard InChI is InChI=1S/C21H24N2O3/c1-14-7-5-8-16(11-14)13-22-19(25)21(3,4)20(26)23-18-10-6-9-17(12-18)15(2)24/h5-12H,13H2,1-4H3,(H,22,25)(H,23,26). The molecule has 2 N–H and O–H groups in total. The van der Waals surface area contributed by atoms with Crippen LogP contribution in [0.25, 0.3) is 0 Å². The van der Waals surface area contributed by atoms with Crippen LogP contribution in [-0.4, -0.2) is 17.6 Å². The lowest BCUT2D eigenvalue weighted by Crippen LogP contribution is -2.44. The van der Waals surface area contributed by atoms with E-state index in [1.165, 1.54) is 6.92 Å². The minimum Gasteiger partial charge on any atom is -0.351 e. The van der Waals surface area contributed by atoms with Crippen LogP contribution in [0.3, 0.4) is 0 Å². The van der Waals surface area contributed by atoms with Gasteiger partial charge in [-0.05, 0) is 45.4 Å². The van der Waals surface area contributed by atoms with Gasteiger partial charge in [-0.3, -0.25) is 14.4 Å². The minimum atomic E-state index is -1.25. The summed E-state index contributed by atoms with van der Waals surface area (Å²) in [7, 11) is 0. The maximum atomic E-state index is 12.6. The van der Waals surface area contributed by atoms with Crippen molar-refractivity contribution in [3.05, 3.63) is 65.2 Å². The molecule has 0 fully saturated rings. The topological polar surface area (TPSA) is 75.3 Å². The van der Waals surface area contributed by atoms with Crippen LogP contribution in [0.4, 0.5) is 5.69 Å². The number of amides is 2. The van der Waals surface area contributed by atoms with Crippen LogP contribution < -0.4 is 10.6 Å². The van der Waals surface area contributed by atoms with E-state index < -0.39 is 11.3 Å². The second-order valence-electron chi connectivity index (χ2n) is 6.89. The van der Waals surface area contributed by atoms with E-state index in [2.05, 4.69) is 10.6 Å². The Balaban J connectivity index is 2.03. The van der Waals surface area contributed by atoms with E-state index in [9.17, 15) is 14.4 Å². The Kier molecular flexibility index (Phi) is 5.93. The van der Waals surface area contributed by atoms with Crippen LogP contribution in [0.2, 0.25) is 0 Å². The van der Waals surface area contributed by atoms with Gasteiger partial charge in [0.25, 0.3) is 0 Å². The summed E-state index contributed by atoms with van der Waals surface area (Å²) in [5, 5.41) is 5.52. The summed E-state index contributed by atoms with van der Waals surface area (Å²) in [6.07, 6.45) is 0. The van der Waals surface area contributed by atoms with Gasteiger partial charge in [-0.1, -0.05) is 42.0 Å². The molecule has 5 heteroatoms. The normalized spacial score (nSPS) is 10.9. The molecule has 136 valence electrons. The second kappa shape index (κ2) is 7.95. The van der Waals surface area contributed by atoms with Crippen molar-refractivity contribution in [2.24, 2.45) is 5.41 Å². The highest BCUT2D eigenvalue weighted by Crippen LogP contribution is 2.20. The second-order valence-corrected chi connectivity index (χ2v) is 6.89. The van der Waals surface area contributed by atoms with Crippen LogP contribution in [0.15, 0.2) is 48.5 Å². The van der Waals surface area contributed by atoms with E-state index in [0.29, 0.717) is 17.8 Å². The summed E-state index contributed by atoms with van der Waals surface area (Å²) >= 11 is 0. The highest BCUT2D eigenvalue weighted by Gasteiger charge is 2.36. The Bertz CT molecular complexity index is 841. The van der Waals surface area contributed by atoms with Crippen LogP contribution in [0.1, 0.15) is 42.3 Å². The van der Waals surface area contributed by atoms with Crippen molar-refractivity contribution >= 4 is 23.3 Å².